The number of nitrogens with one attached hydrogen (secondary N) is 1. The van der Waals surface area contributed by atoms with E-state index in [4.69, 9.17) is 16.3 Å². The van der Waals surface area contributed by atoms with E-state index in [-0.39, 0.29) is 28.8 Å². The molecule has 2 aromatic rings. The Morgan fingerprint density at radius 2 is 2.13 bits per heavy atom. The fourth-order valence-electron chi connectivity index (χ4n) is 4.96. The first-order valence-electron chi connectivity index (χ1n) is 10.6. The molecule has 2 aromatic heterocycles. The molecule has 3 saturated heterocycles. The number of hydrogen-bond donors (Lipinski definition) is 1. The lowest BCUT2D eigenvalue weighted by Crippen LogP contribution is -2.43. The van der Waals surface area contributed by atoms with Gasteiger partial charge in [0.1, 0.15) is 18.3 Å². The van der Waals surface area contributed by atoms with Crippen molar-refractivity contribution in [2.24, 2.45) is 0 Å². The molecular weight excluding hydrogens is 414 g/mol. The standard InChI is InChI=1S/C20H25ClF2N6O/c21-17-15(23)16-14(10-24-17)18(29-8-3-1-2-6-25-29)27-19(26-16)30-12-20-5-4-7-28(20)11-13(22)9-20/h10,13,25H,1-9,11-12H2/t13-,20+/m1/s1. The maximum Gasteiger partial charge on any atom is 0.319 e. The van der Waals surface area contributed by atoms with E-state index >= 15 is 0 Å². The molecule has 0 radical (unpaired) electrons. The lowest BCUT2D eigenvalue weighted by molar-refractivity contribution is 0.107. The number of ether oxygens (including phenoxy) is 1. The Balaban J connectivity index is 1.49. The number of pyridine rings is 1. The minimum absolute atomic E-state index is 0.0771. The van der Waals surface area contributed by atoms with Gasteiger partial charge in [-0.15, -0.1) is 0 Å². The van der Waals surface area contributed by atoms with Gasteiger partial charge in [-0.25, -0.2) is 19.2 Å². The average molecular weight is 439 g/mol. The molecule has 2 atom stereocenters. The summed E-state index contributed by atoms with van der Waals surface area (Å²) in [5, 5.41) is 2.15. The van der Waals surface area contributed by atoms with Gasteiger partial charge in [-0.3, -0.25) is 9.91 Å². The third-order valence-corrected chi connectivity index (χ3v) is 6.71. The maximum absolute atomic E-state index is 14.8. The second-order valence-electron chi connectivity index (χ2n) is 8.44. The first-order valence-corrected chi connectivity index (χ1v) is 11.0. The zero-order valence-corrected chi connectivity index (χ0v) is 17.5. The number of hydrogen-bond acceptors (Lipinski definition) is 7. The number of nitrogens with zero attached hydrogens (tertiary/aromatic N) is 5. The Labute approximate surface area is 178 Å². The lowest BCUT2D eigenvalue weighted by atomic mass is 9.95. The molecule has 0 aromatic carbocycles. The van der Waals surface area contributed by atoms with E-state index in [1.807, 2.05) is 5.01 Å². The third-order valence-electron chi connectivity index (χ3n) is 6.45. The molecule has 0 aliphatic carbocycles. The summed E-state index contributed by atoms with van der Waals surface area (Å²) in [7, 11) is 0. The largest absolute Gasteiger partial charge is 0.461 e. The van der Waals surface area contributed by atoms with Crippen molar-refractivity contribution in [2.75, 3.05) is 37.8 Å². The molecule has 5 rings (SSSR count). The number of aromatic nitrogens is 3. The second kappa shape index (κ2) is 8.01. The molecule has 0 spiro atoms. The fraction of sp³-hybridized carbons (Fsp3) is 0.650. The summed E-state index contributed by atoms with van der Waals surface area (Å²) in [4.78, 5) is 15.0. The molecule has 1 N–H and O–H groups in total. The van der Waals surface area contributed by atoms with E-state index < -0.39 is 12.0 Å². The summed E-state index contributed by atoms with van der Waals surface area (Å²) in [6.45, 7) is 3.15. The number of halogens is 3. The zero-order chi connectivity index (χ0) is 20.7. The van der Waals surface area contributed by atoms with Crippen LogP contribution in [0.5, 0.6) is 6.01 Å². The summed E-state index contributed by atoms with van der Waals surface area (Å²) in [5.74, 6) is -0.168. The molecule has 162 valence electrons. The van der Waals surface area contributed by atoms with Gasteiger partial charge in [0, 0.05) is 32.3 Å². The van der Waals surface area contributed by atoms with E-state index in [9.17, 15) is 8.78 Å². The Morgan fingerprint density at radius 3 is 3.03 bits per heavy atom. The van der Waals surface area contributed by atoms with Crippen LogP contribution in [0.1, 0.15) is 38.5 Å². The summed E-state index contributed by atoms with van der Waals surface area (Å²) in [5.41, 5.74) is 3.09. The Kier molecular flexibility index (Phi) is 5.37. The van der Waals surface area contributed by atoms with Crippen LogP contribution in [0.3, 0.4) is 0 Å². The van der Waals surface area contributed by atoms with Crippen LogP contribution in [0.2, 0.25) is 5.15 Å². The topological polar surface area (TPSA) is 66.4 Å². The zero-order valence-electron chi connectivity index (χ0n) is 16.7. The second-order valence-corrected chi connectivity index (χ2v) is 8.80. The highest BCUT2D eigenvalue weighted by Crippen LogP contribution is 2.40. The highest BCUT2D eigenvalue weighted by Gasteiger charge is 2.49. The van der Waals surface area contributed by atoms with E-state index in [1.165, 1.54) is 6.20 Å². The van der Waals surface area contributed by atoms with Crippen LogP contribution >= 0.6 is 11.6 Å². The number of alkyl halides is 1. The molecule has 7 nitrogen and oxygen atoms in total. The first kappa shape index (κ1) is 20.1. The molecule has 3 aliphatic rings. The predicted octanol–water partition coefficient (Wildman–Crippen LogP) is 3.27. The summed E-state index contributed by atoms with van der Waals surface area (Å²) in [6, 6.07) is 0.0771. The summed E-state index contributed by atoms with van der Waals surface area (Å²) in [6.07, 6.45) is 6.17. The van der Waals surface area contributed by atoms with Crippen molar-refractivity contribution in [1.82, 2.24) is 25.3 Å². The molecular formula is C20H25ClF2N6O. The van der Waals surface area contributed by atoms with Gasteiger partial charge in [0.05, 0.1) is 10.9 Å². The minimum Gasteiger partial charge on any atom is -0.461 e. The molecule has 10 heteroatoms. The van der Waals surface area contributed by atoms with Gasteiger partial charge in [0.25, 0.3) is 0 Å². The molecule has 0 unspecified atom stereocenters. The summed E-state index contributed by atoms with van der Waals surface area (Å²) >= 11 is 5.91. The third kappa shape index (κ3) is 3.56. The van der Waals surface area contributed by atoms with Crippen LogP contribution in [-0.2, 0) is 0 Å². The predicted molar refractivity (Wildman–Crippen MR) is 110 cm³/mol. The van der Waals surface area contributed by atoms with Gasteiger partial charge < -0.3 is 4.74 Å². The average Bonchev–Trinajstić information content (AvgIpc) is 3.11. The minimum atomic E-state index is -0.842. The van der Waals surface area contributed by atoms with E-state index in [0.717, 1.165) is 51.7 Å². The Bertz CT molecular complexity index is 941. The van der Waals surface area contributed by atoms with Crippen molar-refractivity contribution < 1.29 is 13.5 Å². The van der Waals surface area contributed by atoms with Crippen molar-refractivity contribution in [2.45, 2.75) is 50.2 Å². The van der Waals surface area contributed by atoms with Gasteiger partial charge in [-0.1, -0.05) is 18.0 Å². The fourth-order valence-corrected chi connectivity index (χ4v) is 5.10. The van der Waals surface area contributed by atoms with Crippen molar-refractivity contribution in [3.8, 4) is 6.01 Å². The van der Waals surface area contributed by atoms with Crippen LogP contribution in [0.25, 0.3) is 10.9 Å². The van der Waals surface area contributed by atoms with Crippen molar-refractivity contribution in [1.29, 1.82) is 0 Å². The molecule has 3 fully saturated rings. The van der Waals surface area contributed by atoms with E-state index in [2.05, 4.69) is 25.3 Å². The van der Waals surface area contributed by atoms with Crippen LogP contribution in [0.4, 0.5) is 14.6 Å². The van der Waals surface area contributed by atoms with Crippen LogP contribution in [0.15, 0.2) is 6.20 Å². The number of hydrazine groups is 1. The quantitative estimate of drug-likeness (QED) is 0.735. The van der Waals surface area contributed by atoms with Crippen molar-refractivity contribution in [3.05, 3.63) is 17.2 Å². The monoisotopic (exact) mass is 438 g/mol. The number of anilines is 1. The lowest BCUT2D eigenvalue weighted by Gasteiger charge is -2.31. The van der Waals surface area contributed by atoms with Gasteiger partial charge in [0.15, 0.2) is 16.8 Å². The van der Waals surface area contributed by atoms with Crippen LogP contribution in [-0.4, -0.2) is 64.3 Å². The van der Waals surface area contributed by atoms with Crippen LogP contribution in [0, 0.1) is 5.82 Å². The Morgan fingerprint density at radius 1 is 1.23 bits per heavy atom. The molecule has 0 amide bonds. The molecule has 0 saturated carbocycles. The first-order chi connectivity index (χ1) is 14.6. The summed E-state index contributed by atoms with van der Waals surface area (Å²) < 4.78 is 34.8. The van der Waals surface area contributed by atoms with Gasteiger partial charge in [-0.05, 0) is 32.2 Å². The molecule has 30 heavy (non-hydrogen) atoms. The van der Waals surface area contributed by atoms with Crippen LogP contribution < -0.4 is 15.2 Å². The number of rotatable bonds is 4. The van der Waals surface area contributed by atoms with Gasteiger partial charge in [-0.2, -0.15) is 9.97 Å². The highest BCUT2D eigenvalue weighted by molar-refractivity contribution is 6.30. The SMILES string of the molecule is Fc1c(Cl)ncc2c(N3CCCCCN3)nc(OC[C@@]34CCCN3C[C@H](F)C4)nc12. The molecule has 0 bridgehead atoms. The molecule has 5 heterocycles. The highest BCUT2D eigenvalue weighted by atomic mass is 35.5. The van der Waals surface area contributed by atoms with Crippen molar-refractivity contribution >= 4 is 28.3 Å². The Hall–Kier alpha value is -1.84. The smallest absolute Gasteiger partial charge is 0.319 e. The normalized spacial score (nSPS) is 27.4. The van der Waals surface area contributed by atoms with E-state index in [1.54, 1.807) is 0 Å². The number of fused-ring (bicyclic) bond motifs is 2. The van der Waals surface area contributed by atoms with E-state index in [0.29, 0.717) is 24.2 Å². The van der Waals surface area contributed by atoms with Crippen molar-refractivity contribution in [3.63, 3.8) is 0 Å². The maximum atomic E-state index is 14.8. The van der Waals surface area contributed by atoms with Gasteiger partial charge in [0.2, 0.25) is 0 Å². The molecule has 3 aliphatic heterocycles. The van der Waals surface area contributed by atoms with Gasteiger partial charge >= 0.3 is 6.01 Å².